The number of ether oxygens (including phenoxy) is 4. The zero-order valence-corrected chi connectivity index (χ0v) is 22.4. The molecule has 0 amide bonds. The number of hydrogen-bond donors (Lipinski definition) is 0. The van der Waals surface area contributed by atoms with E-state index in [9.17, 15) is 0 Å². The summed E-state index contributed by atoms with van der Waals surface area (Å²) in [6.07, 6.45) is 0. The first-order valence-electron chi connectivity index (χ1n) is 12.2. The molecule has 1 aromatic heterocycles. The molecule has 37 heavy (non-hydrogen) atoms. The molecular weight excluding hydrogens is 462 g/mol. The average Bonchev–Trinajstić information content (AvgIpc) is 2.91. The van der Waals surface area contributed by atoms with Gasteiger partial charge in [-0.15, -0.1) is 0 Å². The van der Waals surface area contributed by atoms with Gasteiger partial charge in [-0.3, -0.25) is 0 Å². The molecule has 0 bridgehead atoms. The third-order valence-corrected chi connectivity index (χ3v) is 6.94. The first-order valence-corrected chi connectivity index (χ1v) is 12.2. The van der Waals surface area contributed by atoms with Crippen molar-refractivity contribution in [1.29, 1.82) is 0 Å². The van der Waals surface area contributed by atoms with E-state index in [2.05, 4.69) is 61.7 Å². The van der Waals surface area contributed by atoms with Crippen LogP contribution in [-0.4, -0.2) is 28.4 Å². The number of nitrogens with zero attached hydrogens (tertiary/aromatic N) is 1. The SMILES string of the molecule is COc1cc(OC)c2c(-c3c(C)cc(C)cc3C)c3c(OC)cc(OC)cc3[n+](-c3ccccc3)c2c1. The topological polar surface area (TPSA) is 40.8 Å². The molecule has 0 saturated heterocycles. The number of aromatic nitrogens is 1. The van der Waals surface area contributed by atoms with Gasteiger partial charge < -0.3 is 18.9 Å². The molecule has 1 heterocycles. The van der Waals surface area contributed by atoms with Crippen molar-refractivity contribution in [2.45, 2.75) is 20.8 Å². The van der Waals surface area contributed by atoms with E-state index in [1.165, 1.54) is 16.7 Å². The molecule has 0 fully saturated rings. The number of fused-ring (bicyclic) bond motifs is 2. The van der Waals surface area contributed by atoms with Crippen LogP contribution in [0.25, 0.3) is 38.6 Å². The molecule has 5 nitrogen and oxygen atoms in total. The molecule has 5 heteroatoms. The van der Waals surface area contributed by atoms with Crippen molar-refractivity contribution < 1.29 is 23.5 Å². The Morgan fingerprint density at radius 1 is 0.541 bits per heavy atom. The number of hydrogen-bond acceptors (Lipinski definition) is 4. The van der Waals surface area contributed by atoms with Crippen LogP contribution >= 0.6 is 0 Å². The predicted octanol–water partition coefficient (Wildman–Crippen LogP) is 6.90. The lowest BCUT2D eigenvalue weighted by molar-refractivity contribution is -0.538. The third kappa shape index (κ3) is 4.01. The molecule has 0 saturated carbocycles. The third-order valence-electron chi connectivity index (χ3n) is 6.94. The van der Waals surface area contributed by atoms with Crippen molar-refractivity contribution in [3.63, 3.8) is 0 Å². The van der Waals surface area contributed by atoms with E-state index in [1.807, 2.05) is 30.3 Å². The summed E-state index contributed by atoms with van der Waals surface area (Å²) in [7, 11) is 6.76. The summed E-state index contributed by atoms with van der Waals surface area (Å²) < 4.78 is 25.7. The molecule has 5 rings (SSSR count). The van der Waals surface area contributed by atoms with Crippen LogP contribution in [0, 0.1) is 20.8 Å². The number of benzene rings is 4. The zero-order chi connectivity index (χ0) is 26.3. The summed E-state index contributed by atoms with van der Waals surface area (Å²) in [5, 5.41) is 1.97. The highest BCUT2D eigenvalue weighted by Crippen LogP contribution is 2.47. The maximum Gasteiger partial charge on any atom is 0.227 e. The van der Waals surface area contributed by atoms with E-state index in [-0.39, 0.29) is 0 Å². The summed E-state index contributed by atoms with van der Waals surface area (Å²) >= 11 is 0. The fourth-order valence-corrected chi connectivity index (χ4v) is 5.50. The van der Waals surface area contributed by atoms with Crippen LogP contribution in [0.2, 0.25) is 0 Å². The molecule has 5 aromatic rings. The molecule has 188 valence electrons. The van der Waals surface area contributed by atoms with Crippen molar-refractivity contribution in [2.24, 2.45) is 0 Å². The molecule has 0 unspecified atom stereocenters. The quantitative estimate of drug-likeness (QED) is 0.190. The normalized spacial score (nSPS) is 11.1. The van der Waals surface area contributed by atoms with E-state index in [0.717, 1.165) is 50.1 Å². The van der Waals surface area contributed by atoms with E-state index >= 15 is 0 Å². The van der Waals surface area contributed by atoms with Crippen LogP contribution in [0.5, 0.6) is 23.0 Å². The Balaban J connectivity index is 2.17. The highest BCUT2D eigenvalue weighted by Gasteiger charge is 2.31. The van der Waals surface area contributed by atoms with Gasteiger partial charge in [0.25, 0.3) is 0 Å². The minimum atomic E-state index is 0.714. The fourth-order valence-electron chi connectivity index (χ4n) is 5.50. The minimum absolute atomic E-state index is 0.714. The Morgan fingerprint density at radius 3 is 1.46 bits per heavy atom. The van der Waals surface area contributed by atoms with Gasteiger partial charge >= 0.3 is 0 Å². The standard InChI is InChI=1S/C32H32NO4/c1-19-13-20(2)29(21(3)14-19)32-30-25(15-23(34-4)17-27(30)36-6)33(22-11-9-8-10-12-22)26-16-24(35-5)18-28(37-7)31(26)32/h8-18H,1-7H3/q+1. The van der Waals surface area contributed by atoms with Gasteiger partial charge in [0.05, 0.1) is 51.3 Å². The summed E-state index contributed by atoms with van der Waals surface area (Å²) in [5.41, 5.74) is 8.75. The van der Waals surface area contributed by atoms with E-state index in [0.29, 0.717) is 11.5 Å². The molecule has 0 aliphatic heterocycles. The first-order chi connectivity index (χ1) is 17.9. The van der Waals surface area contributed by atoms with Gasteiger partial charge in [0.1, 0.15) is 23.0 Å². The maximum absolute atomic E-state index is 6.03. The Labute approximate surface area is 217 Å². The number of para-hydroxylation sites is 1. The van der Waals surface area contributed by atoms with Crippen molar-refractivity contribution in [3.05, 3.63) is 83.4 Å². The van der Waals surface area contributed by atoms with Crippen molar-refractivity contribution in [2.75, 3.05) is 28.4 Å². The van der Waals surface area contributed by atoms with Gasteiger partial charge in [0.15, 0.2) is 0 Å². The Hall–Kier alpha value is -4.25. The molecule has 0 spiro atoms. The Kier molecular flexibility index (Phi) is 6.38. The highest BCUT2D eigenvalue weighted by molar-refractivity contribution is 6.13. The molecule has 0 N–H and O–H groups in total. The van der Waals surface area contributed by atoms with Crippen LogP contribution < -0.4 is 23.5 Å². The van der Waals surface area contributed by atoms with Crippen LogP contribution in [0.15, 0.2) is 66.7 Å². The monoisotopic (exact) mass is 494 g/mol. The molecule has 4 aromatic carbocycles. The van der Waals surface area contributed by atoms with Gasteiger partial charge in [-0.2, -0.15) is 4.57 Å². The van der Waals surface area contributed by atoms with Crippen LogP contribution in [-0.2, 0) is 0 Å². The summed E-state index contributed by atoms with van der Waals surface area (Å²) in [4.78, 5) is 0. The number of aryl methyl sites for hydroxylation is 3. The second-order valence-corrected chi connectivity index (χ2v) is 9.27. The fraction of sp³-hybridized carbons (Fsp3) is 0.219. The van der Waals surface area contributed by atoms with Crippen molar-refractivity contribution >= 4 is 21.8 Å². The van der Waals surface area contributed by atoms with E-state index in [1.54, 1.807) is 28.4 Å². The zero-order valence-electron chi connectivity index (χ0n) is 22.4. The Bertz CT molecular complexity index is 1540. The second-order valence-electron chi connectivity index (χ2n) is 9.27. The molecular formula is C32H32NO4+. The molecule has 0 atom stereocenters. The molecule has 0 aliphatic carbocycles. The number of methoxy groups -OCH3 is 4. The lowest BCUT2D eigenvalue weighted by atomic mass is 9.88. The second kappa shape index (κ2) is 9.66. The van der Waals surface area contributed by atoms with Crippen LogP contribution in [0.3, 0.4) is 0 Å². The maximum atomic E-state index is 6.03. The van der Waals surface area contributed by atoms with Crippen LogP contribution in [0.4, 0.5) is 0 Å². The molecule has 0 aliphatic rings. The predicted molar refractivity (Wildman–Crippen MR) is 149 cm³/mol. The summed E-state index contributed by atoms with van der Waals surface area (Å²) in [5.74, 6) is 2.89. The van der Waals surface area contributed by atoms with E-state index < -0.39 is 0 Å². The van der Waals surface area contributed by atoms with Gasteiger partial charge in [-0.25, -0.2) is 0 Å². The summed E-state index contributed by atoms with van der Waals surface area (Å²) in [6, 6.07) is 22.8. The van der Waals surface area contributed by atoms with Crippen LogP contribution in [0.1, 0.15) is 16.7 Å². The first kappa shape index (κ1) is 24.4. The van der Waals surface area contributed by atoms with E-state index in [4.69, 9.17) is 18.9 Å². The van der Waals surface area contributed by atoms with Crippen molar-refractivity contribution in [3.8, 4) is 39.8 Å². The lowest BCUT2D eigenvalue weighted by Gasteiger charge is -2.20. The minimum Gasteiger partial charge on any atom is -0.496 e. The highest BCUT2D eigenvalue weighted by atomic mass is 16.5. The van der Waals surface area contributed by atoms with Crippen molar-refractivity contribution in [1.82, 2.24) is 0 Å². The lowest BCUT2D eigenvalue weighted by Crippen LogP contribution is -2.33. The smallest absolute Gasteiger partial charge is 0.227 e. The largest absolute Gasteiger partial charge is 0.496 e. The summed E-state index contributed by atoms with van der Waals surface area (Å²) in [6.45, 7) is 6.46. The van der Waals surface area contributed by atoms with Gasteiger partial charge in [-0.05, 0) is 37.5 Å². The molecule has 0 radical (unpaired) electrons. The Morgan fingerprint density at radius 2 is 1.03 bits per heavy atom. The number of pyridine rings is 1. The van der Waals surface area contributed by atoms with Gasteiger partial charge in [-0.1, -0.05) is 35.9 Å². The average molecular weight is 495 g/mol. The number of rotatable bonds is 6. The van der Waals surface area contributed by atoms with Gasteiger partial charge in [0, 0.05) is 29.8 Å². The van der Waals surface area contributed by atoms with Gasteiger partial charge in [0.2, 0.25) is 16.7 Å².